The van der Waals surface area contributed by atoms with Crippen molar-refractivity contribution in [3.05, 3.63) is 47.6 Å². The number of guanidine groups is 1. The van der Waals surface area contributed by atoms with Gasteiger partial charge in [-0.15, -0.1) is 0 Å². The van der Waals surface area contributed by atoms with E-state index in [-0.39, 0.29) is 0 Å². The average Bonchev–Trinajstić information content (AvgIpc) is 3.11. The summed E-state index contributed by atoms with van der Waals surface area (Å²) in [7, 11) is 0. The molecule has 8 nitrogen and oxygen atoms in total. The van der Waals surface area contributed by atoms with Crippen LogP contribution in [-0.2, 0) is 6.54 Å². The molecule has 0 aromatic carbocycles. The van der Waals surface area contributed by atoms with Crippen molar-refractivity contribution in [2.75, 3.05) is 39.3 Å². The van der Waals surface area contributed by atoms with Crippen LogP contribution in [0.3, 0.4) is 0 Å². The van der Waals surface area contributed by atoms with E-state index in [0.29, 0.717) is 6.54 Å². The number of aromatic nitrogens is 2. The van der Waals surface area contributed by atoms with E-state index >= 15 is 0 Å². The van der Waals surface area contributed by atoms with Crippen molar-refractivity contribution in [1.29, 1.82) is 0 Å². The normalized spacial score (nSPS) is 17.1. The maximum atomic E-state index is 10.3. The topological polar surface area (TPSA) is 90.0 Å². The van der Waals surface area contributed by atoms with E-state index in [4.69, 9.17) is 4.52 Å². The van der Waals surface area contributed by atoms with Gasteiger partial charge in [0.15, 0.2) is 5.96 Å². The molecule has 146 valence electrons. The highest BCUT2D eigenvalue weighted by atomic mass is 16.5. The van der Waals surface area contributed by atoms with E-state index in [0.717, 1.165) is 62.2 Å². The van der Waals surface area contributed by atoms with Gasteiger partial charge < -0.3 is 19.8 Å². The van der Waals surface area contributed by atoms with Crippen molar-refractivity contribution in [2.24, 2.45) is 4.99 Å². The first-order valence-electron chi connectivity index (χ1n) is 9.41. The van der Waals surface area contributed by atoms with Gasteiger partial charge in [0.25, 0.3) is 0 Å². The van der Waals surface area contributed by atoms with E-state index in [1.165, 1.54) is 0 Å². The lowest BCUT2D eigenvalue weighted by Gasteiger charge is -2.36. The molecule has 1 aliphatic heterocycles. The Balaban J connectivity index is 1.54. The molecule has 8 heteroatoms. The van der Waals surface area contributed by atoms with Crippen LogP contribution in [0.4, 0.5) is 0 Å². The molecule has 0 aliphatic carbocycles. The standard InChI is InChI=1S/C19H28N6O2/c1-3-21-19(22-13-18(26)16-4-6-20-7-5-16)25-10-8-24(9-11-25)14-17-12-15(2)27-23-17/h4-7,12,18,26H,3,8-11,13-14H2,1-2H3,(H,21,22). The molecule has 0 spiro atoms. The Morgan fingerprint density at radius 2 is 2.04 bits per heavy atom. The predicted octanol–water partition coefficient (Wildman–Crippen LogP) is 1.19. The van der Waals surface area contributed by atoms with Crippen LogP contribution in [0, 0.1) is 6.92 Å². The Hall–Kier alpha value is -2.45. The van der Waals surface area contributed by atoms with Crippen LogP contribution in [0.25, 0.3) is 0 Å². The van der Waals surface area contributed by atoms with Gasteiger partial charge in [-0.25, -0.2) is 0 Å². The highest BCUT2D eigenvalue weighted by Crippen LogP contribution is 2.13. The highest BCUT2D eigenvalue weighted by Gasteiger charge is 2.21. The van der Waals surface area contributed by atoms with Gasteiger partial charge in [-0.1, -0.05) is 5.16 Å². The Morgan fingerprint density at radius 3 is 2.67 bits per heavy atom. The lowest BCUT2D eigenvalue weighted by Crippen LogP contribution is -2.52. The Labute approximate surface area is 159 Å². The maximum absolute atomic E-state index is 10.3. The van der Waals surface area contributed by atoms with Gasteiger partial charge in [0.1, 0.15) is 5.76 Å². The third-order valence-electron chi connectivity index (χ3n) is 4.57. The molecule has 1 fully saturated rings. The minimum Gasteiger partial charge on any atom is -0.386 e. The van der Waals surface area contributed by atoms with Crippen molar-refractivity contribution in [1.82, 2.24) is 25.3 Å². The molecule has 3 rings (SSSR count). The molecule has 27 heavy (non-hydrogen) atoms. The van der Waals surface area contributed by atoms with Crippen molar-refractivity contribution >= 4 is 5.96 Å². The zero-order chi connectivity index (χ0) is 19.1. The molecule has 0 radical (unpaired) electrons. The predicted molar refractivity (Wildman–Crippen MR) is 103 cm³/mol. The first-order valence-corrected chi connectivity index (χ1v) is 9.41. The van der Waals surface area contributed by atoms with Gasteiger partial charge in [-0.3, -0.25) is 14.9 Å². The van der Waals surface area contributed by atoms with Crippen molar-refractivity contribution < 1.29 is 9.63 Å². The van der Waals surface area contributed by atoms with Crippen LogP contribution >= 0.6 is 0 Å². The molecular formula is C19H28N6O2. The molecule has 1 atom stereocenters. The van der Waals surface area contributed by atoms with Crippen LogP contribution in [0.15, 0.2) is 40.1 Å². The number of hydrogen-bond donors (Lipinski definition) is 2. The van der Waals surface area contributed by atoms with E-state index in [2.05, 4.69) is 37.2 Å². The molecule has 0 saturated carbocycles. The number of aliphatic imine (C=N–C) groups is 1. The van der Waals surface area contributed by atoms with Crippen LogP contribution in [0.5, 0.6) is 0 Å². The molecule has 0 amide bonds. The van der Waals surface area contributed by atoms with Gasteiger partial charge in [-0.2, -0.15) is 0 Å². The zero-order valence-electron chi connectivity index (χ0n) is 16.0. The third kappa shape index (κ3) is 5.51. The molecule has 2 aromatic rings. The fraction of sp³-hybridized carbons (Fsp3) is 0.526. The first-order chi connectivity index (χ1) is 13.2. The summed E-state index contributed by atoms with van der Waals surface area (Å²) in [6.07, 6.45) is 2.74. The van der Waals surface area contributed by atoms with E-state index in [1.807, 2.05) is 25.1 Å². The summed E-state index contributed by atoms with van der Waals surface area (Å²) in [5.41, 5.74) is 1.80. The van der Waals surface area contributed by atoms with Gasteiger partial charge in [0.2, 0.25) is 0 Å². The molecule has 3 heterocycles. The van der Waals surface area contributed by atoms with Gasteiger partial charge >= 0.3 is 0 Å². The SMILES string of the molecule is CCNC(=NCC(O)c1ccncc1)N1CCN(Cc2cc(C)on2)CC1. The molecule has 1 saturated heterocycles. The second-order valence-corrected chi connectivity index (χ2v) is 6.68. The summed E-state index contributed by atoms with van der Waals surface area (Å²) in [4.78, 5) is 13.2. The van der Waals surface area contributed by atoms with Crippen molar-refractivity contribution in [2.45, 2.75) is 26.5 Å². The van der Waals surface area contributed by atoms with Crippen LogP contribution in [-0.4, -0.2) is 70.3 Å². The maximum Gasteiger partial charge on any atom is 0.194 e. The third-order valence-corrected chi connectivity index (χ3v) is 4.57. The minimum atomic E-state index is -0.627. The molecular weight excluding hydrogens is 344 g/mol. The molecule has 0 bridgehead atoms. The van der Waals surface area contributed by atoms with Crippen LogP contribution < -0.4 is 5.32 Å². The van der Waals surface area contributed by atoms with E-state index in [9.17, 15) is 5.11 Å². The fourth-order valence-electron chi connectivity index (χ4n) is 3.13. The zero-order valence-corrected chi connectivity index (χ0v) is 16.0. The van der Waals surface area contributed by atoms with E-state index in [1.54, 1.807) is 12.4 Å². The lowest BCUT2D eigenvalue weighted by atomic mass is 10.1. The Kier molecular flexibility index (Phi) is 6.78. The minimum absolute atomic E-state index is 0.324. The van der Waals surface area contributed by atoms with Crippen LogP contribution in [0.2, 0.25) is 0 Å². The summed E-state index contributed by atoms with van der Waals surface area (Å²) in [5, 5.41) is 17.7. The number of pyridine rings is 1. The molecule has 2 aromatic heterocycles. The van der Waals surface area contributed by atoms with E-state index < -0.39 is 6.10 Å². The smallest absolute Gasteiger partial charge is 0.194 e. The fourth-order valence-corrected chi connectivity index (χ4v) is 3.13. The quantitative estimate of drug-likeness (QED) is 0.581. The van der Waals surface area contributed by atoms with Gasteiger partial charge in [0.05, 0.1) is 18.3 Å². The Morgan fingerprint density at radius 1 is 1.30 bits per heavy atom. The van der Waals surface area contributed by atoms with Crippen LogP contribution in [0.1, 0.15) is 30.0 Å². The molecule has 1 unspecified atom stereocenters. The number of hydrogen-bond acceptors (Lipinski definition) is 6. The van der Waals surface area contributed by atoms with Crippen molar-refractivity contribution in [3.63, 3.8) is 0 Å². The number of aryl methyl sites for hydroxylation is 1. The largest absolute Gasteiger partial charge is 0.386 e. The Bertz CT molecular complexity index is 725. The van der Waals surface area contributed by atoms with Gasteiger partial charge in [0, 0.05) is 57.7 Å². The number of aliphatic hydroxyl groups excluding tert-OH is 1. The number of nitrogens with zero attached hydrogens (tertiary/aromatic N) is 5. The lowest BCUT2D eigenvalue weighted by molar-refractivity contribution is 0.166. The number of nitrogens with one attached hydrogen (secondary N) is 1. The van der Waals surface area contributed by atoms with Crippen molar-refractivity contribution in [3.8, 4) is 0 Å². The van der Waals surface area contributed by atoms with Gasteiger partial charge in [-0.05, 0) is 31.5 Å². The summed E-state index contributed by atoms with van der Waals surface area (Å²) in [6.45, 7) is 9.52. The molecule has 1 aliphatic rings. The monoisotopic (exact) mass is 372 g/mol. The summed E-state index contributed by atoms with van der Waals surface area (Å²) < 4.78 is 5.14. The second-order valence-electron chi connectivity index (χ2n) is 6.68. The number of aliphatic hydroxyl groups is 1. The summed E-state index contributed by atoms with van der Waals surface area (Å²) in [5.74, 6) is 1.69. The number of rotatable bonds is 6. The first kappa shape index (κ1) is 19.3. The number of piperazine rings is 1. The second kappa shape index (κ2) is 9.48. The average molecular weight is 372 g/mol. The highest BCUT2D eigenvalue weighted by molar-refractivity contribution is 5.80. The summed E-state index contributed by atoms with van der Waals surface area (Å²) >= 11 is 0. The molecule has 2 N–H and O–H groups in total. The summed E-state index contributed by atoms with van der Waals surface area (Å²) in [6, 6.07) is 5.62.